The molecule has 0 aliphatic carbocycles. The van der Waals surface area contributed by atoms with Crippen molar-refractivity contribution in [2.45, 2.75) is 13.0 Å². The molecule has 0 heterocycles. The zero-order valence-corrected chi connectivity index (χ0v) is 11.9. The Labute approximate surface area is 121 Å². The Kier molecular flexibility index (Phi) is 6.27. The van der Waals surface area contributed by atoms with E-state index in [1.807, 2.05) is 0 Å². The van der Waals surface area contributed by atoms with Crippen LogP contribution < -0.4 is 10.1 Å². The fraction of sp³-hybridized carbons (Fsp3) is 0.385. The van der Waals surface area contributed by atoms with Crippen LogP contribution in [-0.4, -0.2) is 43.3 Å². The van der Waals surface area contributed by atoms with E-state index in [1.54, 1.807) is 14.0 Å². The van der Waals surface area contributed by atoms with E-state index in [1.165, 1.54) is 18.2 Å². The molecule has 0 aliphatic rings. The molecule has 6 nitrogen and oxygen atoms in total. The zero-order valence-electron chi connectivity index (χ0n) is 11.2. The molecule has 1 rings (SSSR count). The van der Waals surface area contributed by atoms with Crippen LogP contribution in [0.25, 0.3) is 0 Å². The van der Waals surface area contributed by atoms with Gasteiger partial charge in [-0.1, -0.05) is 11.6 Å². The maximum atomic E-state index is 11.6. The molecule has 20 heavy (non-hydrogen) atoms. The van der Waals surface area contributed by atoms with Crippen molar-refractivity contribution in [3.05, 3.63) is 28.8 Å². The number of benzene rings is 1. The number of carboxylic acids is 1. The molecule has 0 spiro atoms. The van der Waals surface area contributed by atoms with Gasteiger partial charge >= 0.3 is 5.97 Å². The van der Waals surface area contributed by atoms with Crippen LogP contribution in [0, 0.1) is 0 Å². The molecule has 0 unspecified atom stereocenters. The van der Waals surface area contributed by atoms with Crippen LogP contribution in [0.1, 0.15) is 17.3 Å². The fourth-order valence-corrected chi connectivity index (χ4v) is 1.74. The van der Waals surface area contributed by atoms with Crippen molar-refractivity contribution in [3.8, 4) is 5.75 Å². The van der Waals surface area contributed by atoms with Crippen LogP contribution >= 0.6 is 11.6 Å². The molecule has 1 aromatic rings. The summed E-state index contributed by atoms with van der Waals surface area (Å²) >= 11 is 5.87. The number of hydrogen-bond donors (Lipinski definition) is 2. The number of methoxy groups -OCH3 is 1. The van der Waals surface area contributed by atoms with E-state index >= 15 is 0 Å². The van der Waals surface area contributed by atoms with E-state index in [9.17, 15) is 9.59 Å². The van der Waals surface area contributed by atoms with E-state index in [0.717, 1.165) is 0 Å². The summed E-state index contributed by atoms with van der Waals surface area (Å²) in [6, 6.07) is 3.91. The number of amides is 1. The maximum Gasteiger partial charge on any atom is 0.335 e. The lowest BCUT2D eigenvalue weighted by Gasteiger charge is -2.13. The van der Waals surface area contributed by atoms with Crippen molar-refractivity contribution < 1.29 is 24.2 Å². The molecule has 0 aliphatic heterocycles. The highest BCUT2D eigenvalue weighted by molar-refractivity contribution is 6.32. The van der Waals surface area contributed by atoms with Crippen molar-refractivity contribution in [2.75, 3.05) is 20.3 Å². The van der Waals surface area contributed by atoms with Gasteiger partial charge in [0.25, 0.3) is 5.91 Å². The summed E-state index contributed by atoms with van der Waals surface area (Å²) < 4.78 is 10.1. The molecular weight excluding hydrogens is 286 g/mol. The van der Waals surface area contributed by atoms with Gasteiger partial charge in [0.1, 0.15) is 5.75 Å². The topological polar surface area (TPSA) is 84.9 Å². The number of nitrogens with one attached hydrogen (secondary N) is 1. The fourth-order valence-electron chi connectivity index (χ4n) is 1.50. The van der Waals surface area contributed by atoms with Crippen LogP contribution in [0.15, 0.2) is 18.2 Å². The van der Waals surface area contributed by atoms with Gasteiger partial charge in [0.05, 0.1) is 17.2 Å². The quantitative estimate of drug-likeness (QED) is 0.798. The Hall–Kier alpha value is -1.79. The highest BCUT2D eigenvalue weighted by atomic mass is 35.5. The summed E-state index contributed by atoms with van der Waals surface area (Å²) in [7, 11) is 1.54. The molecule has 1 atom stereocenters. The second kappa shape index (κ2) is 7.72. The Morgan fingerprint density at radius 3 is 2.70 bits per heavy atom. The predicted octanol–water partition coefficient (Wildman–Crippen LogP) is 1.57. The third-order valence-corrected chi connectivity index (χ3v) is 2.66. The standard InChI is InChI=1S/C13H16ClNO5/c1-8(6-19-2)15-12(16)7-20-11-4-3-9(13(17)18)5-10(11)14/h3-5,8H,6-7H2,1-2H3,(H,15,16)(H,17,18)/t8-/m0/s1. The minimum Gasteiger partial charge on any atom is -0.482 e. The third kappa shape index (κ3) is 5.07. The first kappa shape index (κ1) is 16.3. The van der Waals surface area contributed by atoms with Gasteiger partial charge in [-0.2, -0.15) is 0 Å². The normalized spacial score (nSPS) is 11.8. The number of aromatic carboxylic acids is 1. The predicted molar refractivity (Wildman–Crippen MR) is 73.4 cm³/mol. The smallest absolute Gasteiger partial charge is 0.335 e. The van der Waals surface area contributed by atoms with E-state index in [2.05, 4.69) is 5.32 Å². The van der Waals surface area contributed by atoms with Gasteiger partial charge in [-0.15, -0.1) is 0 Å². The van der Waals surface area contributed by atoms with Gasteiger partial charge in [-0.25, -0.2) is 4.79 Å². The Balaban J connectivity index is 2.53. The first-order valence-electron chi connectivity index (χ1n) is 5.88. The molecule has 1 aromatic carbocycles. The number of ether oxygens (including phenoxy) is 2. The van der Waals surface area contributed by atoms with Crippen molar-refractivity contribution in [2.24, 2.45) is 0 Å². The number of hydrogen-bond acceptors (Lipinski definition) is 4. The molecular formula is C13H16ClNO5. The lowest BCUT2D eigenvalue weighted by Crippen LogP contribution is -2.38. The average Bonchev–Trinajstić information content (AvgIpc) is 2.37. The number of carboxylic acid groups (broad SMARTS) is 1. The Morgan fingerprint density at radius 1 is 1.45 bits per heavy atom. The molecule has 0 saturated heterocycles. The van der Waals surface area contributed by atoms with E-state index in [0.29, 0.717) is 6.61 Å². The molecule has 110 valence electrons. The van der Waals surface area contributed by atoms with Crippen LogP contribution in [0.3, 0.4) is 0 Å². The SMILES string of the molecule is COC[C@H](C)NC(=O)COc1ccc(C(=O)O)cc1Cl. The van der Waals surface area contributed by atoms with Crippen molar-refractivity contribution in [1.82, 2.24) is 5.32 Å². The lowest BCUT2D eigenvalue weighted by atomic mass is 10.2. The summed E-state index contributed by atoms with van der Waals surface area (Å²) in [4.78, 5) is 22.3. The van der Waals surface area contributed by atoms with E-state index in [4.69, 9.17) is 26.2 Å². The average molecular weight is 302 g/mol. The second-order valence-corrected chi connectivity index (χ2v) is 4.57. The number of halogens is 1. The molecule has 0 aromatic heterocycles. The molecule has 7 heteroatoms. The summed E-state index contributed by atoms with van der Waals surface area (Å²) in [5.74, 6) is -1.14. The molecule has 0 saturated carbocycles. The molecule has 0 bridgehead atoms. The molecule has 0 fully saturated rings. The van der Waals surface area contributed by atoms with Gasteiger partial charge in [-0.3, -0.25) is 4.79 Å². The largest absolute Gasteiger partial charge is 0.482 e. The van der Waals surface area contributed by atoms with Crippen molar-refractivity contribution in [3.63, 3.8) is 0 Å². The highest BCUT2D eigenvalue weighted by Crippen LogP contribution is 2.25. The molecule has 1 amide bonds. The third-order valence-electron chi connectivity index (χ3n) is 2.36. The maximum absolute atomic E-state index is 11.6. The number of rotatable bonds is 7. The molecule has 2 N–H and O–H groups in total. The monoisotopic (exact) mass is 301 g/mol. The van der Waals surface area contributed by atoms with Gasteiger partial charge < -0.3 is 19.9 Å². The first-order chi connectivity index (χ1) is 9.43. The summed E-state index contributed by atoms with van der Waals surface area (Å²) in [5.41, 5.74) is 0.0560. The van der Waals surface area contributed by atoms with Crippen molar-refractivity contribution >= 4 is 23.5 Å². The van der Waals surface area contributed by atoms with Gasteiger partial charge in [0.15, 0.2) is 6.61 Å². The Morgan fingerprint density at radius 2 is 2.15 bits per heavy atom. The summed E-state index contributed by atoms with van der Waals surface area (Å²) in [5, 5.41) is 11.6. The van der Waals surface area contributed by atoms with Gasteiger partial charge in [0.2, 0.25) is 0 Å². The molecule has 0 radical (unpaired) electrons. The summed E-state index contributed by atoms with van der Waals surface area (Å²) in [6.45, 7) is 2.00. The first-order valence-corrected chi connectivity index (χ1v) is 6.25. The summed E-state index contributed by atoms with van der Waals surface area (Å²) in [6.07, 6.45) is 0. The van der Waals surface area contributed by atoms with Crippen molar-refractivity contribution in [1.29, 1.82) is 0 Å². The minimum atomic E-state index is -1.08. The van der Waals surface area contributed by atoms with E-state index in [-0.39, 0.29) is 34.9 Å². The number of carbonyl (C=O) groups excluding carboxylic acids is 1. The van der Waals surface area contributed by atoms with Crippen LogP contribution in [0.2, 0.25) is 5.02 Å². The van der Waals surface area contributed by atoms with E-state index < -0.39 is 5.97 Å². The minimum absolute atomic E-state index is 0.0560. The van der Waals surface area contributed by atoms with Crippen LogP contribution in [0.5, 0.6) is 5.75 Å². The van der Waals surface area contributed by atoms with Gasteiger partial charge in [-0.05, 0) is 25.1 Å². The van der Waals surface area contributed by atoms with Crippen LogP contribution in [0.4, 0.5) is 0 Å². The number of carbonyl (C=O) groups is 2. The second-order valence-electron chi connectivity index (χ2n) is 4.16. The lowest BCUT2D eigenvalue weighted by molar-refractivity contribution is -0.124. The van der Waals surface area contributed by atoms with Gasteiger partial charge in [0, 0.05) is 13.2 Å². The Bertz CT molecular complexity index is 492. The highest BCUT2D eigenvalue weighted by Gasteiger charge is 2.11. The van der Waals surface area contributed by atoms with Crippen LogP contribution in [-0.2, 0) is 9.53 Å². The zero-order chi connectivity index (χ0) is 15.1.